The number of hydrogen-bond acceptors (Lipinski definition) is 2. The molecule has 4 nitrogen and oxygen atoms in total. The van der Waals surface area contributed by atoms with Crippen molar-refractivity contribution in [3.63, 3.8) is 0 Å². The van der Waals surface area contributed by atoms with E-state index >= 15 is 0 Å². The highest BCUT2D eigenvalue weighted by atomic mass is 35.5. The summed E-state index contributed by atoms with van der Waals surface area (Å²) in [4.78, 5) is 25.9. The Morgan fingerprint density at radius 3 is 2.67 bits per heavy atom. The zero-order valence-electron chi connectivity index (χ0n) is 13.1. The predicted octanol–water partition coefficient (Wildman–Crippen LogP) is 4.09. The molecule has 1 aliphatic heterocycles. The smallest absolute Gasteiger partial charge is 0.331 e. The monoisotopic (exact) mass is 362 g/mol. The van der Waals surface area contributed by atoms with Crippen molar-refractivity contribution in [2.24, 2.45) is 0 Å². The van der Waals surface area contributed by atoms with Gasteiger partial charge in [-0.25, -0.2) is 0 Å². The average molecular weight is 363 g/mol. The Morgan fingerprint density at radius 2 is 2.04 bits per heavy atom. The second kappa shape index (κ2) is 7.42. The molecule has 1 aliphatic rings. The highest BCUT2D eigenvalue weighted by Crippen LogP contribution is 2.33. The molecule has 1 atom stereocenters. The Balaban J connectivity index is 2.15. The van der Waals surface area contributed by atoms with E-state index in [1.165, 1.54) is 4.90 Å². The first-order valence-corrected chi connectivity index (χ1v) is 8.10. The third-order valence-corrected chi connectivity index (χ3v) is 4.42. The molecule has 2 amide bonds. The Morgan fingerprint density at radius 1 is 1.33 bits per heavy atom. The molecule has 8 heteroatoms. The lowest BCUT2D eigenvalue weighted by molar-refractivity contribution is -0.145. The minimum atomic E-state index is -4.56. The van der Waals surface area contributed by atoms with Crippen LogP contribution in [0.15, 0.2) is 18.2 Å². The fourth-order valence-corrected chi connectivity index (χ4v) is 2.96. The molecule has 0 spiro atoms. The summed E-state index contributed by atoms with van der Waals surface area (Å²) >= 11 is 5.83. The Bertz CT molecular complexity index is 634. The molecule has 2 rings (SSSR count). The number of hydrogen-bond donors (Lipinski definition) is 1. The van der Waals surface area contributed by atoms with E-state index in [9.17, 15) is 22.8 Å². The molecule has 0 aromatic heterocycles. The number of carbonyl (C=O) groups is 2. The van der Waals surface area contributed by atoms with Crippen molar-refractivity contribution < 1.29 is 22.8 Å². The summed E-state index contributed by atoms with van der Waals surface area (Å²) in [6, 6.07) is 2.56. The third-order valence-electron chi connectivity index (χ3n) is 4.10. The molecular formula is C16H18ClF3N2O2. The molecule has 24 heavy (non-hydrogen) atoms. The van der Waals surface area contributed by atoms with Crippen LogP contribution in [0.5, 0.6) is 0 Å². The lowest BCUT2D eigenvalue weighted by Crippen LogP contribution is -2.48. The Hall–Kier alpha value is -1.76. The maximum atomic E-state index is 12.8. The quantitative estimate of drug-likeness (QED) is 0.806. The lowest BCUT2D eigenvalue weighted by atomic mass is 10.00. The number of alkyl halides is 3. The molecule has 0 radical (unpaired) electrons. The van der Waals surface area contributed by atoms with Gasteiger partial charge in [0.15, 0.2) is 0 Å². The highest BCUT2D eigenvalue weighted by Gasteiger charge is 2.33. The summed E-state index contributed by atoms with van der Waals surface area (Å²) in [7, 11) is 0. The first-order valence-electron chi connectivity index (χ1n) is 7.72. The van der Waals surface area contributed by atoms with E-state index in [4.69, 9.17) is 11.6 Å². The highest BCUT2D eigenvalue weighted by molar-refractivity contribution is 6.41. The van der Waals surface area contributed by atoms with Gasteiger partial charge in [0.05, 0.1) is 16.3 Å². The van der Waals surface area contributed by atoms with Gasteiger partial charge < -0.3 is 10.2 Å². The van der Waals surface area contributed by atoms with Crippen molar-refractivity contribution in [2.75, 3.05) is 11.9 Å². The second-order valence-corrected chi connectivity index (χ2v) is 6.11. The summed E-state index contributed by atoms with van der Waals surface area (Å²) in [6.07, 6.45) is -1.22. The molecule has 132 valence electrons. The standard InChI is InChI=1S/C16H18ClF3N2O2/c1-2-11-5-3-4-8-22(11)15(24)14(23)21-13-9-10(16(18,19)20)6-7-12(13)17/h6-7,9,11H,2-5,8H2,1H3,(H,21,23). The van der Waals surface area contributed by atoms with Gasteiger partial charge in [0.1, 0.15) is 0 Å². The molecule has 1 aromatic rings. The van der Waals surface area contributed by atoms with E-state index in [0.717, 1.165) is 43.9 Å². The molecule has 1 aromatic carbocycles. The van der Waals surface area contributed by atoms with E-state index in [0.29, 0.717) is 6.54 Å². The number of likely N-dealkylation sites (tertiary alicyclic amines) is 1. The van der Waals surface area contributed by atoms with E-state index in [1.54, 1.807) is 0 Å². The lowest BCUT2D eigenvalue weighted by Gasteiger charge is -2.34. The van der Waals surface area contributed by atoms with Crippen LogP contribution >= 0.6 is 11.6 Å². The number of piperidine rings is 1. The number of amides is 2. The third kappa shape index (κ3) is 4.20. The van der Waals surface area contributed by atoms with Crippen molar-refractivity contribution in [1.29, 1.82) is 0 Å². The van der Waals surface area contributed by atoms with Crippen LogP contribution in [0.4, 0.5) is 18.9 Å². The number of nitrogens with one attached hydrogen (secondary N) is 1. The number of benzene rings is 1. The predicted molar refractivity (Wildman–Crippen MR) is 84.7 cm³/mol. The topological polar surface area (TPSA) is 49.4 Å². The van der Waals surface area contributed by atoms with E-state index < -0.39 is 23.6 Å². The fraction of sp³-hybridized carbons (Fsp3) is 0.500. The van der Waals surface area contributed by atoms with Crippen LogP contribution in [-0.2, 0) is 15.8 Å². The molecule has 0 saturated carbocycles. The molecule has 1 N–H and O–H groups in total. The van der Waals surface area contributed by atoms with Crippen molar-refractivity contribution in [3.05, 3.63) is 28.8 Å². The van der Waals surface area contributed by atoms with Crippen LogP contribution in [0, 0.1) is 0 Å². The first-order chi connectivity index (χ1) is 11.2. The van der Waals surface area contributed by atoms with E-state index in [1.807, 2.05) is 6.92 Å². The second-order valence-electron chi connectivity index (χ2n) is 5.70. The van der Waals surface area contributed by atoms with Gasteiger partial charge in [0.25, 0.3) is 0 Å². The number of nitrogens with zero attached hydrogens (tertiary/aromatic N) is 1. The molecule has 1 saturated heterocycles. The minimum absolute atomic E-state index is 0.0195. The van der Waals surface area contributed by atoms with Gasteiger partial charge >= 0.3 is 18.0 Å². The SMILES string of the molecule is CCC1CCCCN1C(=O)C(=O)Nc1cc(C(F)(F)F)ccc1Cl. The van der Waals surface area contributed by atoms with Gasteiger partial charge in [-0.05, 0) is 43.9 Å². The maximum absolute atomic E-state index is 12.8. The number of anilines is 1. The average Bonchev–Trinajstić information content (AvgIpc) is 2.55. The van der Waals surface area contributed by atoms with Crippen molar-refractivity contribution in [2.45, 2.75) is 44.8 Å². The Labute approximate surface area is 143 Å². The van der Waals surface area contributed by atoms with Crippen LogP contribution < -0.4 is 5.32 Å². The van der Waals surface area contributed by atoms with Crippen molar-refractivity contribution in [3.8, 4) is 0 Å². The van der Waals surface area contributed by atoms with Crippen LogP contribution in [-0.4, -0.2) is 29.3 Å². The maximum Gasteiger partial charge on any atom is 0.416 e. The van der Waals surface area contributed by atoms with Gasteiger partial charge in [0, 0.05) is 12.6 Å². The summed E-state index contributed by atoms with van der Waals surface area (Å²) in [5, 5.41) is 2.14. The molecule has 1 unspecified atom stereocenters. The van der Waals surface area contributed by atoms with Gasteiger partial charge in [-0.3, -0.25) is 9.59 Å². The van der Waals surface area contributed by atoms with Gasteiger partial charge in [-0.2, -0.15) is 13.2 Å². The van der Waals surface area contributed by atoms with Gasteiger partial charge in [-0.1, -0.05) is 18.5 Å². The van der Waals surface area contributed by atoms with Gasteiger partial charge in [-0.15, -0.1) is 0 Å². The van der Waals surface area contributed by atoms with Crippen LogP contribution in [0.25, 0.3) is 0 Å². The molecule has 0 aliphatic carbocycles. The van der Waals surface area contributed by atoms with Crippen LogP contribution in [0.2, 0.25) is 5.02 Å². The van der Waals surface area contributed by atoms with Gasteiger partial charge in [0.2, 0.25) is 0 Å². The first kappa shape index (κ1) is 18.6. The van der Waals surface area contributed by atoms with E-state index in [2.05, 4.69) is 5.32 Å². The number of carbonyl (C=O) groups excluding carboxylic acids is 2. The van der Waals surface area contributed by atoms with Crippen molar-refractivity contribution in [1.82, 2.24) is 4.90 Å². The molecule has 0 bridgehead atoms. The summed E-state index contributed by atoms with van der Waals surface area (Å²) in [5.41, 5.74) is -1.17. The fourth-order valence-electron chi connectivity index (χ4n) is 2.80. The molecule has 1 fully saturated rings. The molecular weight excluding hydrogens is 345 g/mol. The van der Waals surface area contributed by atoms with Crippen molar-refractivity contribution >= 4 is 29.1 Å². The minimum Gasteiger partial charge on any atom is -0.331 e. The van der Waals surface area contributed by atoms with Crippen LogP contribution in [0.1, 0.15) is 38.2 Å². The zero-order chi connectivity index (χ0) is 17.9. The van der Waals surface area contributed by atoms with E-state index in [-0.39, 0.29) is 16.8 Å². The normalized spacial score (nSPS) is 18.4. The number of halogens is 4. The Kier molecular flexibility index (Phi) is 5.74. The van der Waals surface area contributed by atoms with Crippen LogP contribution in [0.3, 0.4) is 0 Å². The summed E-state index contributed by atoms with van der Waals surface area (Å²) in [6.45, 7) is 2.40. The largest absolute Gasteiger partial charge is 0.416 e. The summed E-state index contributed by atoms with van der Waals surface area (Å²) in [5.74, 6) is -1.72. The molecule has 1 heterocycles. The number of rotatable bonds is 2. The zero-order valence-corrected chi connectivity index (χ0v) is 13.9. The summed E-state index contributed by atoms with van der Waals surface area (Å²) < 4.78 is 38.3.